The van der Waals surface area contributed by atoms with Crippen molar-refractivity contribution in [2.45, 2.75) is 39.7 Å². The van der Waals surface area contributed by atoms with Crippen molar-refractivity contribution >= 4 is 16.8 Å². The summed E-state index contributed by atoms with van der Waals surface area (Å²) in [6.45, 7) is 6.30. The second-order valence-electron chi connectivity index (χ2n) is 3.90. The largest absolute Gasteiger partial charge is 0.281 e. The van der Waals surface area contributed by atoms with Gasteiger partial charge in [0.05, 0.1) is 12.1 Å². The Labute approximate surface area is 99.2 Å². The fraction of sp³-hybridized carbons (Fsp3) is 0.545. The average Bonchev–Trinajstić information content (AvgIpc) is 2.20. The van der Waals surface area contributed by atoms with E-state index in [9.17, 15) is 9.59 Å². The maximum Gasteiger partial charge on any atom is 0.270 e. The van der Waals surface area contributed by atoms with Gasteiger partial charge in [-0.25, -0.2) is 4.68 Å². The minimum Gasteiger partial charge on any atom is -0.281 e. The summed E-state index contributed by atoms with van der Waals surface area (Å²) in [7, 11) is 0. The number of hydrogen-bond acceptors (Lipinski definition) is 3. The van der Waals surface area contributed by atoms with E-state index in [2.05, 4.69) is 5.10 Å². The Morgan fingerprint density at radius 1 is 1.56 bits per heavy atom. The molecule has 0 fully saturated rings. The van der Waals surface area contributed by atoms with Crippen LogP contribution in [0.3, 0.4) is 0 Å². The molecule has 1 aromatic rings. The van der Waals surface area contributed by atoms with E-state index in [4.69, 9.17) is 11.6 Å². The van der Waals surface area contributed by atoms with Crippen molar-refractivity contribution in [3.63, 3.8) is 0 Å². The molecule has 0 saturated carbocycles. The van der Waals surface area contributed by atoms with Gasteiger partial charge in [0, 0.05) is 12.1 Å². The van der Waals surface area contributed by atoms with Gasteiger partial charge in [-0.2, -0.15) is 5.10 Å². The van der Waals surface area contributed by atoms with Crippen molar-refractivity contribution in [2.24, 2.45) is 0 Å². The van der Waals surface area contributed by atoms with Gasteiger partial charge in [0.15, 0.2) is 0 Å². The van der Waals surface area contributed by atoms with Crippen LogP contribution in [0.2, 0.25) is 0 Å². The number of halogens is 1. The Morgan fingerprint density at radius 3 is 2.62 bits per heavy atom. The Morgan fingerprint density at radius 2 is 2.19 bits per heavy atom. The molecule has 0 amide bonds. The summed E-state index contributed by atoms with van der Waals surface area (Å²) < 4.78 is 1.37. The molecule has 0 aromatic carbocycles. The molecule has 0 aliphatic rings. The van der Waals surface area contributed by atoms with Crippen LogP contribution >= 0.6 is 11.6 Å². The molecule has 16 heavy (non-hydrogen) atoms. The molecule has 0 aliphatic carbocycles. The molecule has 0 bridgehead atoms. The maximum absolute atomic E-state index is 11.8. The molecule has 0 unspecified atom stereocenters. The van der Waals surface area contributed by atoms with Gasteiger partial charge in [0.2, 0.25) is 5.24 Å². The number of aromatic nitrogens is 2. The average molecular weight is 243 g/mol. The van der Waals surface area contributed by atoms with Crippen molar-refractivity contribution in [3.8, 4) is 0 Å². The summed E-state index contributed by atoms with van der Waals surface area (Å²) in [6.07, 6.45) is -0.0391. The molecule has 0 N–H and O–H groups in total. The SMILES string of the molecule is CCn1nc(C(C)C)cc(CC(=O)Cl)c1=O. The highest BCUT2D eigenvalue weighted by molar-refractivity contribution is 6.63. The quantitative estimate of drug-likeness (QED) is 0.755. The van der Waals surface area contributed by atoms with E-state index in [-0.39, 0.29) is 17.9 Å². The van der Waals surface area contributed by atoms with Crippen molar-refractivity contribution < 1.29 is 4.79 Å². The van der Waals surface area contributed by atoms with Gasteiger partial charge >= 0.3 is 0 Å². The zero-order valence-electron chi connectivity index (χ0n) is 9.66. The van der Waals surface area contributed by atoms with Crippen molar-refractivity contribution in [1.29, 1.82) is 0 Å². The minimum atomic E-state index is -0.527. The van der Waals surface area contributed by atoms with Crippen LogP contribution in [-0.4, -0.2) is 15.0 Å². The fourth-order valence-electron chi connectivity index (χ4n) is 1.39. The van der Waals surface area contributed by atoms with Crippen LogP contribution in [0, 0.1) is 0 Å². The van der Waals surface area contributed by atoms with Crippen molar-refractivity contribution in [1.82, 2.24) is 9.78 Å². The molecular formula is C11H15ClN2O2. The molecule has 0 atom stereocenters. The van der Waals surface area contributed by atoms with Crippen LogP contribution in [0.4, 0.5) is 0 Å². The van der Waals surface area contributed by atoms with E-state index in [1.54, 1.807) is 6.07 Å². The predicted molar refractivity (Wildman–Crippen MR) is 62.8 cm³/mol. The maximum atomic E-state index is 11.8. The van der Waals surface area contributed by atoms with Crippen molar-refractivity contribution in [2.75, 3.05) is 0 Å². The van der Waals surface area contributed by atoms with Gasteiger partial charge < -0.3 is 0 Å². The summed E-state index contributed by atoms with van der Waals surface area (Å²) >= 11 is 5.30. The van der Waals surface area contributed by atoms with Crippen LogP contribution in [-0.2, 0) is 17.8 Å². The van der Waals surface area contributed by atoms with Crippen LogP contribution in [0.1, 0.15) is 37.9 Å². The van der Waals surface area contributed by atoms with E-state index in [0.717, 1.165) is 5.69 Å². The Kier molecular flexibility index (Phi) is 4.24. The number of rotatable bonds is 4. The number of nitrogens with zero attached hydrogens (tertiary/aromatic N) is 2. The van der Waals surface area contributed by atoms with Gasteiger partial charge in [0.1, 0.15) is 0 Å². The topological polar surface area (TPSA) is 52.0 Å². The standard InChI is InChI=1S/C11H15ClN2O2/c1-4-14-11(16)8(6-10(12)15)5-9(13-14)7(2)3/h5,7H,4,6H2,1-3H3. The van der Waals surface area contributed by atoms with E-state index in [1.165, 1.54) is 4.68 Å². The smallest absolute Gasteiger partial charge is 0.270 e. The first-order valence-corrected chi connectivity index (χ1v) is 5.62. The van der Waals surface area contributed by atoms with Gasteiger partial charge in [-0.15, -0.1) is 0 Å². The van der Waals surface area contributed by atoms with E-state index in [0.29, 0.717) is 12.1 Å². The third kappa shape index (κ3) is 2.92. The monoisotopic (exact) mass is 242 g/mol. The summed E-state index contributed by atoms with van der Waals surface area (Å²) in [5, 5.41) is 3.68. The van der Waals surface area contributed by atoms with E-state index in [1.807, 2.05) is 20.8 Å². The Balaban J connectivity index is 3.30. The summed E-state index contributed by atoms with van der Waals surface area (Å²) in [5.74, 6) is 0.211. The zero-order chi connectivity index (χ0) is 12.3. The molecular weight excluding hydrogens is 228 g/mol. The first-order valence-electron chi connectivity index (χ1n) is 5.25. The second-order valence-corrected chi connectivity index (χ2v) is 4.32. The van der Waals surface area contributed by atoms with Crippen LogP contribution in [0.5, 0.6) is 0 Å². The van der Waals surface area contributed by atoms with Crippen molar-refractivity contribution in [3.05, 3.63) is 27.7 Å². The molecule has 4 nitrogen and oxygen atoms in total. The van der Waals surface area contributed by atoms with E-state index >= 15 is 0 Å². The van der Waals surface area contributed by atoms with E-state index < -0.39 is 5.24 Å². The third-order valence-electron chi connectivity index (χ3n) is 2.29. The highest BCUT2D eigenvalue weighted by atomic mass is 35.5. The lowest BCUT2D eigenvalue weighted by molar-refractivity contribution is -0.111. The molecule has 0 spiro atoms. The lowest BCUT2D eigenvalue weighted by Gasteiger charge is -2.10. The lowest BCUT2D eigenvalue weighted by atomic mass is 10.1. The van der Waals surface area contributed by atoms with Crippen LogP contribution in [0.25, 0.3) is 0 Å². The molecule has 0 saturated heterocycles. The predicted octanol–water partition coefficient (Wildman–Crippen LogP) is 1.69. The number of carbonyl (C=O) groups excluding carboxylic acids is 1. The molecule has 1 heterocycles. The first kappa shape index (κ1) is 12.9. The molecule has 0 radical (unpaired) electrons. The van der Waals surface area contributed by atoms with Gasteiger partial charge in [0.25, 0.3) is 5.56 Å². The molecule has 88 valence electrons. The fourth-order valence-corrected chi connectivity index (χ4v) is 1.54. The summed E-state index contributed by atoms with van der Waals surface area (Å²) in [6, 6.07) is 1.67. The summed E-state index contributed by atoms with van der Waals surface area (Å²) in [5.41, 5.74) is 0.982. The highest BCUT2D eigenvalue weighted by Gasteiger charge is 2.12. The second kappa shape index (κ2) is 5.25. The van der Waals surface area contributed by atoms with Crippen LogP contribution in [0.15, 0.2) is 10.9 Å². The number of hydrogen-bond donors (Lipinski definition) is 0. The summed E-state index contributed by atoms with van der Waals surface area (Å²) in [4.78, 5) is 22.6. The molecule has 1 rings (SSSR count). The Bertz CT molecular complexity index is 452. The van der Waals surface area contributed by atoms with Crippen LogP contribution < -0.4 is 5.56 Å². The molecule has 5 heteroatoms. The normalized spacial score (nSPS) is 10.8. The number of carbonyl (C=O) groups is 1. The zero-order valence-corrected chi connectivity index (χ0v) is 10.4. The highest BCUT2D eigenvalue weighted by Crippen LogP contribution is 2.11. The number of aryl methyl sites for hydroxylation is 1. The molecule has 0 aliphatic heterocycles. The Hall–Kier alpha value is -1.16. The first-order chi connectivity index (χ1) is 7.45. The van der Waals surface area contributed by atoms with Gasteiger partial charge in [-0.05, 0) is 30.5 Å². The van der Waals surface area contributed by atoms with Gasteiger partial charge in [-0.3, -0.25) is 9.59 Å². The minimum absolute atomic E-state index is 0.0391. The van der Waals surface area contributed by atoms with Gasteiger partial charge in [-0.1, -0.05) is 13.8 Å². The lowest BCUT2D eigenvalue weighted by Crippen LogP contribution is -2.27. The third-order valence-corrected chi connectivity index (χ3v) is 2.42. The molecule has 1 aromatic heterocycles.